The second kappa shape index (κ2) is 5.34. The Balaban J connectivity index is 2.16. The van der Waals surface area contributed by atoms with E-state index in [4.69, 9.17) is 0 Å². The van der Waals surface area contributed by atoms with Crippen LogP contribution in [0.25, 0.3) is 0 Å². The predicted octanol–water partition coefficient (Wildman–Crippen LogP) is 1.41. The number of benzene rings is 1. The van der Waals surface area contributed by atoms with E-state index in [0.717, 1.165) is 18.9 Å². The van der Waals surface area contributed by atoms with Crippen LogP contribution in [0, 0.1) is 5.82 Å². The molecule has 1 aromatic carbocycles. The standard InChI is InChI=1S/C12H16FNO3S/c13-9-4-3-5-10(8-9)18(16,17)14-11-6-1-2-7-12(11)15/h3-5,8,11-12,14-15H,1-2,6-7H2. The first-order chi connectivity index (χ1) is 8.49. The molecule has 0 saturated heterocycles. The minimum atomic E-state index is -3.77. The number of aliphatic hydroxyl groups excluding tert-OH is 1. The highest BCUT2D eigenvalue weighted by atomic mass is 32.2. The van der Waals surface area contributed by atoms with Gasteiger partial charge in [0.1, 0.15) is 5.82 Å². The van der Waals surface area contributed by atoms with E-state index >= 15 is 0 Å². The summed E-state index contributed by atoms with van der Waals surface area (Å²) < 4.78 is 39.5. The fourth-order valence-electron chi connectivity index (χ4n) is 2.15. The van der Waals surface area contributed by atoms with Crippen LogP contribution in [0.3, 0.4) is 0 Å². The van der Waals surface area contributed by atoms with Crippen molar-refractivity contribution < 1.29 is 17.9 Å². The Morgan fingerprint density at radius 2 is 2.00 bits per heavy atom. The fourth-order valence-corrected chi connectivity index (χ4v) is 3.49. The first-order valence-corrected chi connectivity index (χ1v) is 7.43. The van der Waals surface area contributed by atoms with Gasteiger partial charge in [-0.1, -0.05) is 18.9 Å². The topological polar surface area (TPSA) is 66.4 Å². The molecular weight excluding hydrogens is 257 g/mol. The molecule has 0 bridgehead atoms. The summed E-state index contributed by atoms with van der Waals surface area (Å²) in [5.41, 5.74) is 0. The molecule has 2 rings (SSSR count). The normalized spacial score (nSPS) is 25.0. The van der Waals surface area contributed by atoms with E-state index in [1.807, 2.05) is 0 Å². The molecule has 1 aromatic rings. The Morgan fingerprint density at radius 3 is 2.67 bits per heavy atom. The molecule has 2 atom stereocenters. The van der Waals surface area contributed by atoms with Crippen LogP contribution in [0.5, 0.6) is 0 Å². The highest BCUT2D eigenvalue weighted by Gasteiger charge is 2.28. The zero-order valence-corrected chi connectivity index (χ0v) is 10.7. The Labute approximate surface area is 106 Å². The van der Waals surface area contributed by atoms with E-state index < -0.39 is 28.0 Å². The van der Waals surface area contributed by atoms with Gasteiger partial charge in [-0.25, -0.2) is 17.5 Å². The first kappa shape index (κ1) is 13.5. The SMILES string of the molecule is O=S(=O)(NC1CCCCC1O)c1cccc(F)c1. The van der Waals surface area contributed by atoms with Crippen molar-refractivity contribution in [1.29, 1.82) is 0 Å². The molecular formula is C12H16FNO3S. The van der Waals surface area contributed by atoms with E-state index in [2.05, 4.69) is 4.72 Å². The van der Waals surface area contributed by atoms with E-state index in [1.165, 1.54) is 18.2 Å². The molecule has 0 aromatic heterocycles. The molecule has 0 heterocycles. The molecule has 2 N–H and O–H groups in total. The highest BCUT2D eigenvalue weighted by molar-refractivity contribution is 7.89. The predicted molar refractivity (Wildman–Crippen MR) is 65.0 cm³/mol. The third kappa shape index (κ3) is 3.07. The monoisotopic (exact) mass is 273 g/mol. The van der Waals surface area contributed by atoms with Crippen LogP contribution in [-0.2, 0) is 10.0 Å². The maximum Gasteiger partial charge on any atom is 0.241 e. The summed E-state index contributed by atoms with van der Waals surface area (Å²) in [5.74, 6) is -0.595. The second-order valence-electron chi connectivity index (χ2n) is 4.54. The number of rotatable bonds is 3. The van der Waals surface area contributed by atoms with Crippen molar-refractivity contribution in [3.05, 3.63) is 30.1 Å². The van der Waals surface area contributed by atoms with Crippen molar-refractivity contribution in [2.45, 2.75) is 42.7 Å². The van der Waals surface area contributed by atoms with Crippen LogP contribution in [0.4, 0.5) is 4.39 Å². The van der Waals surface area contributed by atoms with Gasteiger partial charge in [0.2, 0.25) is 10.0 Å². The van der Waals surface area contributed by atoms with Crippen LogP contribution in [0.2, 0.25) is 0 Å². The fraction of sp³-hybridized carbons (Fsp3) is 0.500. The molecule has 4 nitrogen and oxygen atoms in total. The summed E-state index contributed by atoms with van der Waals surface area (Å²) in [6.45, 7) is 0. The zero-order valence-electron chi connectivity index (χ0n) is 9.84. The number of nitrogens with one attached hydrogen (secondary N) is 1. The number of hydrogen-bond donors (Lipinski definition) is 2. The van der Waals surface area contributed by atoms with Gasteiger partial charge in [-0.15, -0.1) is 0 Å². The van der Waals surface area contributed by atoms with E-state index in [1.54, 1.807) is 0 Å². The van der Waals surface area contributed by atoms with Gasteiger partial charge in [-0.05, 0) is 31.0 Å². The van der Waals surface area contributed by atoms with Gasteiger partial charge in [0.05, 0.1) is 11.0 Å². The molecule has 6 heteroatoms. The van der Waals surface area contributed by atoms with Gasteiger partial charge in [0.25, 0.3) is 0 Å². The highest BCUT2D eigenvalue weighted by Crippen LogP contribution is 2.20. The van der Waals surface area contributed by atoms with Gasteiger partial charge < -0.3 is 5.11 Å². The van der Waals surface area contributed by atoms with E-state index in [9.17, 15) is 17.9 Å². The average molecular weight is 273 g/mol. The smallest absolute Gasteiger partial charge is 0.241 e. The van der Waals surface area contributed by atoms with Crippen molar-refractivity contribution in [3.63, 3.8) is 0 Å². The number of sulfonamides is 1. The summed E-state index contributed by atoms with van der Waals surface area (Å²) in [5, 5.41) is 9.73. The molecule has 100 valence electrons. The van der Waals surface area contributed by atoms with Crippen molar-refractivity contribution in [3.8, 4) is 0 Å². The van der Waals surface area contributed by atoms with Gasteiger partial charge in [0, 0.05) is 6.04 Å². The van der Waals surface area contributed by atoms with Gasteiger partial charge >= 0.3 is 0 Å². The van der Waals surface area contributed by atoms with Crippen molar-refractivity contribution in [1.82, 2.24) is 4.72 Å². The van der Waals surface area contributed by atoms with Crippen LogP contribution in [-0.4, -0.2) is 25.7 Å². The Hall–Kier alpha value is -0.980. The van der Waals surface area contributed by atoms with Gasteiger partial charge in [-0.2, -0.15) is 0 Å². The van der Waals surface area contributed by atoms with Crippen LogP contribution in [0.15, 0.2) is 29.2 Å². The minimum Gasteiger partial charge on any atom is -0.391 e. The average Bonchev–Trinajstić information content (AvgIpc) is 2.32. The molecule has 18 heavy (non-hydrogen) atoms. The molecule has 2 unspecified atom stereocenters. The van der Waals surface area contributed by atoms with E-state index in [0.29, 0.717) is 12.8 Å². The van der Waals surface area contributed by atoms with Crippen molar-refractivity contribution in [2.24, 2.45) is 0 Å². The maximum atomic E-state index is 13.0. The van der Waals surface area contributed by atoms with Crippen LogP contribution in [0.1, 0.15) is 25.7 Å². The third-order valence-electron chi connectivity index (χ3n) is 3.14. The lowest BCUT2D eigenvalue weighted by molar-refractivity contribution is 0.101. The molecule has 0 aliphatic heterocycles. The quantitative estimate of drug-likeness (QED) is 0.875. The Morgan fingerprint density at radius 1 is 1.28 bits per heavy atom. The lowest BCUT2D eigenvalue weighted by Gasteiger charge is -2.28. The van der Waals surface area contributed by atoms with Crippen molar-refractivity contribution >= 4 is 10.0 Å². The van der Waals surface area contributed by atoms with Gasteiger partial charge in [0.15, 0.2) is 0 Å². The van der Waals surface area contributed by atoms with Crippen molar-refractivity contribution in [2.75, 3.05) is 0 Å². The summed E-state index contributed by atoms with van der Waals surface area (Å²) in [7, 11) is -3.77. The molecule has 0 radical (unpaired) electrons. The molecule has 1 fully saturated rings. The van der Waals surface area contributed by atoms with Crippen LogP contribution >= 0.6 is 0 Å². The summed E-state index contributed by atoms with van der Waals surface area (Å²) in [4.78, 5) is -0.111. The molecule has 0 amide bonds. The van der Waals surface area contributed by atoms with E-state index in [-0.39, 0.29) is 4.90 Å². The number of halogens is 1. The van der Waals surface area contributed by atoms with Gasteiger partial charge in [-0.3, -0.25) is 0 Å². The Kier molecular flexibility index (Phi) is 3.99. The molecule has 1 aliphatic rings. The van der Waals surface area contributed by atoms with Crippen LogP contribution < -0.4 is 4.72 Å². The lowest BCUT2D eigenvalue weighted by Crippen LogP contribution is -2.44. The second-order valence-corrected chi connectivity index (χ2v) is 6.25. The summed E-state index contributed by atoms with van der Waals surface area (Å²) in [6, 6.07) is 4.36. The first-order valence-electron chi connectivity index (χ1n) is 5.95. The minimum absolute atomic E-state index is 0.111. The molecule has 1 saturated carbocycles. The molecule has 0 spiro atoms. The molecule has 1 aliphatic carbocycles. The number of aliphatic hydroxyl groups is 1. The largest absolute Gasteiger partial charge is 0.391 e. The maximum absolute atomic E-state index is 13.0. The third-order valence-corrected chi connectivity index (χ3v) is 4.63. The lowest BCUT2D eigenvalue weighted by atomic mass is 9.93. The zero-order chi connectivity index (χ0) is 13.2. The Bertz CT molecular complexity index is 518. The summed E-state index contributed by atoms with van der Waals surface area (Å²) >= 11 is 0. The summed E-state index contributed by atoms with van der Waals surface area (Å²) in [6.07, 6.45) is 2.32. The number of hydrogen-bond acceptors (Lipinski definition) is 3.